The molecule has 3 aromatic heterocycles. The summed E-state index contributed by atoms with van der Waals surface area (Å²) < 4.78 is 219. The Morgan fingerprint density at radius 3 is 1.27 bits per heavy atom. The molecule has 0 saturated heterocycles. The van der Waals surface area contributed by atoms with E-state index >= 15 is 0 Å². The summed E-state index contributed by atoms with van der Waals surface area (Å²) in [4.78, 5) is 30.0. The Balaban J connectivity index is 0.000000199. The lowest BCUT2D eigenvalue weighted by molar-refractivity contribution is -0.274. The summed E-state index contributed by atoms with van der Waals surface area (Å²) in [5.41, 5.74) is 5.21. The maximum atomic E-state index is 14.9. The van der Waals surface area contributed by atoms with Crippen molar-refractivity contribution >= 4 is 127 Å². The minimum atomic E-state index is -4.80. The van der Waals surface area contributed by atoms with Gasteiger partial charge in [-0.2, -0.15) is 22.6 Å². The molecule has 0 saturated carbocycles. The number of aryl methyl sites for hydroxylation is 3. The fraction of sp³-hybridized carbons (Fsp3) is 0.254. The zero-order valence-electron chi connectivity index (χ0n) is 55.5. The molecule has 10 aromatic rings. The van der Waals surface area contributed by atoms with E-state index in [1.807, 2.05) is 62.4 Å². The van der Waals surface area contributed by atoms with Crippen LogP contribution in [0, 0.1) is 32.4 Å². The van der Waals surface area contributed by atoms with Crippen LogP contribution >= 0.6 is 34.0 Å². The number of halogens is 9. The van der Waals surface area contributed by atoms with E-state index in [1.54, 1.807) is 31.2 Å². The first-order chi connectivity index (χ1) is 48.8. The van der Waals surface area contributed by atoms with Crippen LogP contribution in [0.2, 0.25) is 0 Å². The van der Waals surface area contributed by atoms with Crippen LogP contribution in [0.5, 0.6) is 17.2 Å². The number of fused-ring (bicyclic) bond motifs is 3. The standard InChI is InChI=1S/C25H19F4NO5S2.C23H22F3N3O4S2.C22H23F2NO5S2.CH4/c1-14-17-5-3-4-6-21(17)36-23(14)30(13-15-7-9-16(10-8-15)35-25(2,28)29)37(33,34)22-12-19(26)18(24(31)32)11-20(22)27;1-15-19-6-3-4-7-20(19)34-22(15)29(14-17-9-11-18(12-10-17)32-23(24,25)26)35(30,31)13-5-8-21-27-16(2)33-28-21;1-15-18-6-3-4-7-19(18)31-21(15)25(32(28,29)13-5-8-20(26)27)14-16-9-11-17(12-10-16)30-22(2,23)24;/h3-12H,13H2,1-2H3,(H,31,32);3-4,6-7,9-12H,2,5,8,13-14H2,1H3,(H,27,28);3-4,6-7,9-12H,5,8,13-14H2,1-2H3,(H,26,27);1H4. The van der Waals surface area contributed by atoms with E-state index in [2.05, 4.69) is 31.3 Å². The molecule has 0 aliphatic carbocycles. The van der Waals surface area contributed by atoms with Crippen LogP contribution < -0.4 is 32.6 Å². The molecule has 1 aliphatic rings. The molecule has 560 valence electrons. The third kappa shape index (κ3) is 21.1. The van der Waals surface area contributed by atoms with Crippen molar-refractivity contribution in [1.82, 2.24) is 5.48 Å². The lowest BCUT2D eigenvalue weighted by Crippen LogP contribution is -2.33. The predicted molar refractivity (Wildman–Crippen MR) is 388 cm³/mol. The number of carboxylic acid groups (broad SMARTS) is 2. The summed E-state index contributed by atoms with van der Waals surface area (Å²) in [5, 5.41) is 21.9. The predicted octanol–water partition coefficient (Wildman–Crippen LogP) is 18.2. The Kier molecular flexibility index (Phi) is 25.7. The first kappa shape index (κ1) is 81.1. The maximum absolute atomic E-state index is 14.9. The Morgan fingerprint density at radius 1 is 0.543 bits per heavy atom. The Morgan fingerprint density at radius 2 is 0.914 bits per heavy atom. The number of carboxylic acids is 2. The van der Waals surface area contributed by atoms with Crippen LogP contribution in [0.3, 0.4) is 0 Å². The molecule has 34 heteroatoms. The third-order valence-corrected chi connectivity index (χ3v) is 24.9. The second-order valence-corrected chi connectivity index (χ2v) is 32.3. The first-order valence-electron chi connectivity index (χ1n) is 31.0. The molecule has 0 bridgehead atoms. The van der Waals surface area contributed by atoms with Gasteiger partial charge >= 0.3 is 30.5 Å². The molecule has 7 aromatic carbocycles. The summed E-state index contributed by atoms with van der Waals surface area (Å²) in [6.45, 7) is 9.73. The zero-order valence-corrected chi connectivity index (χ0v) is 60.4. The number of alkyl halides is 7. The van der Waals surface area contributed by atoms with Gasteiger partial charge in [0.25, 0.3) is 10.0 Å². The second kappa shape index (κ2) is 33.2. The molecular weight excluding hydrogens is 1510 g/mol. The van der Waals surface area contributed by atoms with Gasteiger partial charge in [-0.3, -0.25) is 17.7 Å². The van der Waals surface area contributed by atoms with Gasteiger partial charge in [0, 0.05) is 40.8 Å². The minimum absolute atomic E-state index is 0. The van der Waals surface area contributed by atoms with Gasteiger partial charge in [0.05, 0.1) is 36.7 Å². The normalized spacial score (nSPS) is 12.6. The van der Waals surface area contributed by atoms with Crippen LogP contribution in [0.15, 0.2) is 180 Å². The number of anilines is 3. The number of hydrogen-bond acceptors (Lipinski definition) is 17. The van der Waals surface area contributed by atoms with Gasteiger partial charge in [-0.25, -0.2) is 44.3 Å². The number of aromatic carboxylic acids is 1. The number of nitrogens with zero attached hydrogens (tertiary/aromatic N) is 4. The number of carbonyl (C=O) groups is 2. The van der Waals surface area contributed by atoms with E-state index in [9.17, 15) is 74.4 Å². The number of hydrogen-bond donors (Lipinski definition) is 3. The molecule has 1 aliphatic heterocycles. The number of aliphatic carboxylic acids is 1. The van der Waals surface area contributed by atoms with Crippen LogP contribution in [0.1, 0.15) is 90.7 Å². The van der Waals surface area contributed by atoms with Crippen molar-refractivity contribution in [1.29, 1.82) is 0 Å². The highest BCUT2D eigenvalue weighted by Gasteiger charge is 2.36. The molecule has 105 heavy (non-hydrogen) atoms. The van der Waals surface area contributed by atoms with Gasteiger partial charge < -0.3 is 29.3 Å². The molecule has 0 fully saturated rings. The second-order valence-electron chi connectivity index (χ2n) is 23.4. The van der Waals surface area contributed by atoms with Gasteiger partial charge in [-0.15, -0.1) is 47.2 Å². The van der Waals surface area contributed by atoms with Gasteiger partial charge in [-0.1, -0.05) is 98.4 Å². The fourth-order valence-corrected chi connectivity index (χ4v) is 19.6. The number of sulfonamides is 3. The summed E-state index contributed by atoms with van der Waals surface area (Å²) in [6, 6.07) is 39.1. The highest BCUT2D eigenvalue weighted by atomic mass is 32.2. The SMILES string of the molecule is C.C=C1N=C(CCCS(=O)(=O)N(Cc2ccc(OC(F)(F)F)cc2)c2sc3ccccc3c2C)NO1.Cc1c(N(Cc2ccc(OC(C)(F)F)cc2)S(=O)(=O)CCCC(=O)O)sc2ccccc12.Cc1c(N(Cc2ccc(OC(C)(F)F)cc2)S(=O)(=O)c2cc(F)c(C(=O)O)cc2F)sc2ccccc12. The largest absolute Gasteiger partial charge is 0.573 e. The molecule has 0 spiro atoms. The summed E-state index contributed by atoms with van der Waals surface area (Å²) >= 11 is 3.80. The molecule has 19 nitrogen and oxygen atoms in total. The highest BCUT2D eigenvalue weighted by Crippen LogP contribution is 2.44. The quantitative estimate of drug-likeness (QED) is 0.0405. The maximum Gasteiger partial charge on any atom is 0.573 e. The topological polar surface area (TPSA) is 248 Å². The monoisotopic (exact) mass is 1580 g/mol. The van der Waals surface area contributed by atoms with E-state index < -0.39 is 82.7 Å². The van der Waals surface area contributed by atoms with Crippen LogP contribution in [0.25, 0.3) is 30.3 Å². The van der Waals surface area contributed by atoms with Crippen molar-refractivity contribution in [3.05, 3.63) is 221 Å². The Hall–Kier alpha value is -9.61. The van der Waals surface area contributed by atoms with Gasteiger partial charge in [0.15, 0.2) is 0 Å². The van der Waals surface area contributed by atoms with Gasteiger partial charge in [0.2, 0.25) is 25.9 Å². The van der Waals surface area contributed by atoms with E-state index in [-0.39, 0.29) is 86.0 Å². The van der Waals surface area contributed by atoms with Gasteiger partial charge in [0.1, 0.15) is 54.6 Å². The van der Waals surface area contributed by atoms with Crippen LogP contribution in [-0.2, 0) is 59.3 Å². The molecular formula is C71H68F9N5O14S6. The van der Waals surface area contributed by atoms with Crippen molar-refractivity contribution in [3.63, 3.8) is 0 Å². The number of benzene rings is 7. The fourth-order valence-electron chi connectivity index (χ4n) is 10.6. The summed E-state index contributed by atoms with van der Waals surface area (Å²) in [5.74, 6) is -6.00. The Bertz CT molecular complexity index is 5180. The summed E-state index contributed by atoms with van der Waals surface area (Å²) in [6.07, 6.45) is -11.2. The molecule has 4 heterocycles. The van der Waals surface area contributed by atoms with Crippen molar-refractivity contribution in [2.75, 3.05) is 24.4 Å². The van der Waals surface area contributed by atoms with E-state index in [0.29, 0.717) is 70.5 Å². The number of amidine groups is 1. The number of nitrogens with one attached hydrogen (secondary N) is 1. The highest BCUT2D eigenvalue weighted by molar-refractivity contribution is 7.93. The summed E-state index contributed by atoms with van der Waals surface area (Å²) in [7, 11) is -12.4. The third-order valence-electron chi connectivity index (χ3n) is 15.4. The van der Waals surface area contributed by atoms with E-state index in [4.69, 9.17) is 15.1 Å². The number of hydroxylamine groups is 1. The molecule has 0 atom stereocenters. The zero-order chi connectivity index (χ0) is 75.9. The first-order valence-corrected chi connectivity index (χ1v) is 38.1. The van der Waals surface area contributed by atoms with E-state index in [0.717, 1.165) is 57.0 Å². The lowest BCUT2D eigenvalue weighted by Gasteiger charge is -2.25. The molecule has 0 radical (unpaired) electrons. The molecule has 3 N–H and O–H groups in total. The van der Waals surface area contributed by atoms with Crippen LogP contribution in [0.4, 0.5) is 54.5 Å². The lowest BCUT2D eigenvalue weighted by atomic mass is 10.2. The van der Waals surface area contributed by atoms with Crippen molar-refractivity contribution in [3.8, 4) is 17.2 Å². The van der Waals surface area contributed by atoms with Crippen molar-refractivity contribution < 1.29 is 104 Å². The van der Waals surface area contributed by atoms with E-state index in [1.165, 1.54) is 104 Å². The minimum Gasteiger partial charge on any atom is -0.481 e. The van der Waals surface area contributed by atoms with Gasteiger partial charge in [-0.05, 0) is 156 Å². The number of thiophene rings is 3. The number of aliphatic imine (C=N–C) groups is 1. The number of ether oxygens (including phenoxy) is 3. The Labute approximate surface area is 610 Å². The smallest absolute Gasteiger partial charge is 0.481 e. The van der Waals surface area contributed by atoms with Crippen molar-refractivity contribution in [2.24, 2.45) is 4.99 Å². The van der Waals surface area contributed by atoms with Crippen LogP contribution in [-0.4, -0.2) is 83.3 Å². The average molecular weight is 1580 g/mol. The number of rotatable bonds is 27. The average Bonchev–Trinajstić information content (AvgIpc) is 1.70. The molecule has 11 rings (SSSR count). The molecule has 0 amide bonds. The van der Waals surface area contributed by atoms with Crippen molar-refractivity contribution in [2.45, 2.75) is 111 Å². The molecule has 0 unspecified atom stereocenters.